The number of carbonyl (C=O) groups is 1. The number of nitrogens with one attached hydrogen (secondary N) is 2. The number of aryl methyl sites for hydroxylation is 2. The van der Waals surface area contributed by atoms with Crippen molar-refractivity contribution in [3.63, 3.8) is 0 Å². The van der Waals surface area contributed by atoms with Gasteiger partial charge in [0.1, 0.15) is 11.9 Å². The van der Waals surface area contributed by atoms with Gasteiger partial charge in [0.2, 0.25) is 11.1 Å². The van der Waals surface area contributed by atoms with E-state index in [1.807, 2.05) is 38.3 Å². The van der Waals surface area contributed by atoms with E-state index >= 15 is 0 Å². The first-order chi connectivity index (χ1) is 14.4. The topological polar surface area (TPSA) is 71.8 Å². The van der Waals surface area contributed by atoms with Gasteiger partial charge in [0.25, 0.3) is 5.91 Å². The molecule has 6 nitrogen and oxygen atoms in total. The number of amides is 1. The highest BCUT2D eigenvalue weighted by molar-refractivity contribution is 7.98. The van der Waals surface area contributed by atoms with Crippen LogP contribution in [0.2, 0.25) is 0 Å². The highest BCUT2D eigenvalue weighted by atomic mass is 32.2. The van der Waals surface area contributed by atoms with Crippen molar-refractivity contribution in [2.75, 3.05) is 16.9 Å². The Balaban J connectivity index is 1.81. The molecule has 2 N–H and O–H groups in total. The second-order valence-corrected chi connectivity index (χ2v) is 8.00. The molecule has 0 aliphatic carbocycles. The lowest BCUT2D eigenvalue weighted by Crippen LogP contribution is -2.32. The van der Waals surface area contributed by atoms with E-state index in [9.17, 15) is 9.18 Å². The molecule has 1 aromatic heterocycles. The van der Waals surface area contributed by atoms with Crippen LogP contribution in [-0.2, 0) is 4.79 Å². The van der Waals surface area contributed by atoms with E-state index in [0.717, 1.165) is 11.1 Å². The number of benzene rings is 2. The summed E-state index contributed by atoms with van der Waals surface area (Å²) < 4.78 is 16.4. The Morgan fingerprint density at radius 3 is 2.67 bits per heavy atom. The van der Waals surface area contributed by atoms with Gasteiger partial charge in [-0.3, -0.25) is 4.79 Å². The summed E-state index contributed by atoms with van der Waals surface area (Å²) in [4.78, 5) is 17.8. The van der Waals surface area contributed by atoms with Crippen LogP contribution in [0.4, 0.5) is 16.0 Å². The Labute approximate surface area is 178 Å². The van der Waals surface area contributed by atoms with Crippen molar-refractivity contribution in [3.8, 4) is 0 Å². The van der Waals surface area contributed by atoms with Crippen LogP contribution in [0, 0.1) is 19.7 Å². The molecular formula is C22H22FN5OS. The maximum absolute atomic E-state index is 14.8. The van der Waals surface area contributed by atoms with Gasteiger partial charge in [-0.05, 0) is 44.7 Å². The van der Waals surface area contributed by atoms with Crippen LogP contribution in [0.25, 0.3) is 0 Å². The van der Waals surface area contributed by atoms with Crippen LogP contribution in [0.5, 0.6) is 0 Å². The Morgan fingerprint density at radius 1 is 1.20 bits per heavy atom. The second kappa shape index (κ2) is 7.95. The van der Waals surface area contributed by atoms with Crippen molar-refractivity contribution >= 4 is 29.3 Å². The Bertz CT molecular complexity index is 1170. The summed E-state index contributed by atoms with van der Waals surface area (Å²) in [7, 11) is 0. The molecule has 30 heavy (non-hydrogen) atoms. The summed E-state index contributed by atoms with van der Waals surface area (Å²) in [6, 6.07) is 11.5. The molecule has 0 saturated heterocycles. The summed E-state index contributed by atoms with van der Waals surface area (Å²) >= 11 is 1.38. The zero-order valence-electron chi connectivity index (χ0n) is 17.2. The first-order valence-corrected chi connectivity index (χ1v) is 10.7. The summed E-state index contributed by atoms with van der Waals surface area (Å²) in [5.74, 6) is -0.235. The monoisotopic (exact) mass is 423 g/mol. The predicted molar refractivity (Wildman–Crippen MR) is 117 cm³/mol. The number of halogens is 1. The smallest absolute Gasteiger partial charge is 0.255 e. The van der Waals surface area contributed by atoms with Crippen molar-refractivity contribution in [3.05, 3.63) is 76.2 Å². The molecule has 4 rings (SSSR count). The third-order valence-corrected chi connectivity index (χ3v) is 5.63. The number of allylic oxidation sites excluding steroid dienone is 1. The van der Waals surface area contributed by atoms with E-state index in [4.69, 9.17) is 0 Å². The van der Waals surface area contributed by atoms with Crippen molar-refractivity contribution in [1.82, 2.24) is 14.8 Å². The SMILES string of the molecule is CSc1nc2n(n1)[C@H](c1ccccc1F)C(C(=O)Nc1ccc(C)cc1C)=C(C)N2. The Hall–Kier alpha value is -3.13. The number of carbonyl (C=O) groups excluding carboxylic acids is 1. The minimum Gasteiger partial charge on any atom is -0.328 e. The molecule has 1 aliphatic heterocycles. The van der Waals surface area contributed by atoms with Crippen LogP contribution >= 0.6 is 11.8 Å². The molecule has 1 amide bonds. The first-order valence-electron chi connectivity index (χ1n) is 9.50. The first kappa shape index (κ1) is 20.2. The molecule has 2 heterocycles. The zero-order chi connectivity index (χ0) is 21.4. The van der Waals surface area contributed by atoms with Gasteiger partial charge in [-0.1, -0.05) is 47.7 Å². The molecule has 154 valence electrons. The zero-order valence-corrected chi connectivity index (χ0v) is 18.0. The molecule has 0 bridgehead atoms. The molecule has 1 aliphatic rings. The van der Waals surface area contributed by atoms with Crippen LogP contribution < -0.4 is 10.6 Å². The molecule has 8 heteroatoms. The lowest BCUT2D eigenvalue weighted by atomic mass is 9.94. The van der Waals surface area contributed by atoms with Crippen molar-refractivity contribution in [2.45, 2.75) is 32.0 Å². The number of nitrogens with zero attached hydrogens (tertiary/aromatic N) is 3. The van der Waals surface area contributed by atoms with Gasteiger partial charge in [0.15, 0.2) is 0 Å². The van der Waals surface area contributed by atoms with Gasteiger partial charge < -0.3 is 10.6 Å². The van der Waals surface area contributed by atoms with E-state index in [1.54, 1.807) is 29.8 Å². The number of anilines is 2. The number of rotatable bonds is 4. The third-order valence-electron chi connectivity index (χ3n) is 5.09. The fourth-order valence-electron chi connectivity index (χ4n) is 3.64. The third kappa shape index (κ3) is 3.59. The van der Waals surface area contributed by atoms with E-state index in [-0.39, 0.29) is 5.91 Å². The number of hydrogen-bond acceptors (Lipinski definition) is 5. The highest BCUT2D eigenvalue weighted by Gasteiger charge is 2.35. The summed E-state index contributed by atoms with van der Waals surface area (Å²) in [5.41, 5.74) is 4.15. The lowest BCUT2D eigenvalue weighted by molar-refractivity contribution is -0.113. The summed E-state index contributed by atoms with van der Waals surface area (Å²) in [6.45, 7) is 5.74. The number of hydrogen-bond donors (Lipinski definition) is 2. The standard InChI is InChI=1S/C22H22FN5OS/c1-12-9-10-17(13(2)11-12)25-20(29)18-14(3)24-21-26-22(30-4)27-28(21)19(18)15-7-5-6-8-16(15)23/h5-11,19H,1-4H3,(H,25,29)(H,24,26,27)/t19-/m1/s1. The van der Waals surface area contributed by atoms with Gasteiger partial charge in [0, 0.05) is 16.9 Å². The fraction of sp³-hybridized carbons (Fsp3) is 0.227. The minimum atomic E-state index is -0.735. The van der Waals surface area contributed by atoms with Gasteiger partial charge in [-0.25, -0.2) is 9.07 Å². The number of aromatic nitrogens is 3. The second-order valence-electron chi connectivity index (χ2n) is 7.23. The van der Waals surface area contributed by atoms with Crippen molar-refractivity contribution in [1.29, 1.82) is 0 Å². The molecular weight excluding hydrogens is 401 g/mol. The predicted octanol–water partition coefficient (Wildman–Crippen LogP) is 4.68. The van der Waals surface area contributed by atoms with E-state index in [1.165, 1.54) is 17.8 Å². The highest BCUT2D eigenvalue weighted by Crippen LogP contribution is 2.37. The fourth-order valence-corrected chi connectivity index (χ4v) is 3.99. The molecule has 3 aromatic rings. The number of fused-ring (bicyclic) bond motifs is 1. The van der Waals surface area contributed by atoms with Crippen LogP contribution in [0.15, 0.2) is 58.9 Å². The molecule has 0 spiro atoms. The molecule has 0 radical (unpaired) electrons. The van der Waals surface area contributed by atoms with Crippen LogP contribution in [-0.4, -0.2) is 26.9 Å². The van der Waals surface area contributed by atoms with Gasteiger partial charge >= 0.3 is 0 Å². The van der Waals surface area contributed by atoms with E-state index < -0.39 is 11.9 Å². The summed E-state index contributed by atoms with van der Waals surface area (Å²) in [5, 5.41) is 11.2. The quantitative estimate of drug-likeness (QED) is 0.596. The average Bonchev–Trinajstić information content (AvgIpc) is 3.12. The van der Waals surface area contributed by atoms with E-state index in [2.05, 4.69) is 20.7 Å². The maximum Gasteiger partial charge on any atom is 0.255 e. The van der Waals surface area contributed by atoms with Crippen molar-refractivity contribution < 1.29 is 9.18 Å². The molecule has 0 fully saturated rings. The maximum atomic E-state index is 14.8. The average molecular weight is 424 g/mol. The largest absolute Gasteiger partial charge is 0.328 e. The van der Waals surface area contributed by atoms with E-state index in [0.29, 0.717) is 33.6 Å². The van der Waals surface area contributed by atoms with Crippen LogP contribution in [0.1, 0.15) is 29.7 Å². The van der Waals surface area contributed by atoms with Crippen molar-refractivity contribution in [2.24, 2.45) is 0 Å². The summed E-state index contributed by atoms with van der Waals surface area (Å²) in [6.07, 6.45) is 1.87. The number of thioether (sulfide) groups is 1. The molecule has 1 atom stereocenters. The lowest BCUT2D eigenvalue weighted by Gasteiger charge is -2.29. The Morgan fingerprint density at radius 2 is 1.97 bits per heavy atom. The van der Waals surface area contributed by atoms with Gasteiger partial charge in [-0.2, -0.15) is 4.98 Å². The van der Waals surface area contributed by atoms with Gasteiger partial charge in [-0.15, -0.1) is 5.10 Å². The molecule has 0 unspecified atom stereocenters. The minimum absolute atomic E-state index is 0.313. The van der Waals surface area contributed by atoms with Crippen LogP contribution in [0.3, 0.4) is 0 Å². The normalized spacial score (nSPS) is 15.6. The molecule has 2 aromatic carbocycles. The van der Waals surface area contributed by atoms with Gasteiger partial charge in [0.05, 0.1) is 5.57 Å². The molecule has 0 saturated carbocycles. The Kier molecular flexibility index (Phi) is 5.34.